The minimum Gasteiger partial charge on any atom is -0.348 e. The number of nitrogens with one attached hydrogen (secondary N) is 1. The van der Waals surface area contributed by atoms with E-state index in [4.69, 9.17) is 0 Å². The third-order valence-electron chi connectivity index (χ3n) is 3.60. The van der Waals surface area contributed by atoms with Crippen LogP contribution >= 0.6 is 0 Å². The van der Waals surface area contributed by atoms with Gasteiger partial charge in [-0.3, -0.25) is 9.59 Å². The molecule has 3 aromatic rings. The Balaban J connectivity index is 1.76. The number of carbonyl (C=O) groups is 1. The minimum absolute atomic E-state index is 0.146. The van der Waals surface area contributed by atoms with Crippen LogP contribution < -0.4 is 10.9 Å². The number of hydrogen-bond acceptors (Lipinski definition) is 4. The zero-order chi connectivity index (χ0) is 16.2. The monoisotopic (exact) mass is 308 g/mol. The van der Waals surface area contributed by atoms with E-state index in [1.165, 1.54) is 0 Å². The lowest BCUT2D eigenvalue weighted by molar-refractivity contribution is -0.122. The fraction of sp³-hybridized carbons (Fsp3) is 0.176. The van der Waals surface area contributed by atoms with Crippen molar-refractivity contribution in [2.75, 3.05) is 0 Å². The van der Waals surface area contributed by atoms with Crippen molar-refractivity contribution in [1.29, 1.82) is 0 Å². The van der Waals surface area contributed by atoms with Gasteiger partial charge in [0.1, 0.15) is 12.1 Å². The van der Waals surface area contributed by atoms with Gasteiger partial charge in [-0.25, -0.2) is 4.68 Å². The Hall–Kier alpha value is -3.02. The van der Waals surface area contributed by atoms with E-state index in [0.717, 1.165) is 10.2 Å². The summed E-state index contributed by atoms with van der Waals surface area (Å²) in [6, 6.07) is 16.4. The van der Waals surface area contributed by atoms with Crippen LogP contribution in [0.3, 0.4) is 0 Å². The molecule has 0 aliphatic rings. The first-order valence-corrected chi connectivity index (χ1v) is 7.32. The molecule has 0 unspecified atom stereocenters. The van der Waals surface area contributed by atoms with Crippen LogP contribution in [-0.2, 0) is 11.3 Å². The Bertz CT molecular complexity index is 890. The Labute approximate surface area is 132 Å². The van der Waals surface area contributed by atoms with E-state index >= 15 is 0 Å². The summed E-state index contributed by atoms with van der Waals surface area (Å²) in [6.07, 6.45) is 0. The Morgan fingerprint density at radius 2 is 1.83 bits per heavy atom. The molecule has 0 aliphatic heterocycles. The molecule has 0 aliphatic carbocycles. The molecule has 1 N–H and O–H groups in total. The second-order valence-corrected chi connectivity index (χ2v) is 5.27. The van der Waals surface area contributed by atoms with Crippen molar-refractivity contribution in [2.45, 2.75) is 19.5 Å². The molecular formula is C17H16N4O2. The predicted molar refractivity (Wildman–Crippen MR) is 86.8 cm³/mol. The number of aromatic nitrogens is 3. The molecule has 0 radical (unpaired) electrons. The summed E-state index contributed by atoms with van der Waals surface area (Å²) >= 11 is 0. The molecule has 3 rings (SSSR count). The summed E-state index contributed by atoms with van der Waals surface area (Å²) in [5.74, 6) is -0.284. The van der Waals surface area contributed by atoms with Crippen LogP contribution in [0.5, 0.6) is 0 Å². The number of benzene rings is 2. The third-order valence-corrected chi connectivity index (χ3v) is 3.60. The summed E-state index contributed by atoms with van der Waals surface area (Å²) < 4.78 is 1.08. The van der Waals surface area contributed by atoms with Gasteiger partial charge < -0.3 is 5.32 Å². The number of nitrogens with zero attached hydrogens (tertiary/aromatic N) is 3. The van der Waals surface area contributed by atoms with Gasteiger partial charge >= 0.3 is 0 Å². The van der Waals surface area contributed by atoms with Crippen LogP contribution in [0.15, 0.2) is 59.4 Å². The number of rotatable bonds is 4. The Morgan fingerprint density at radius 1 is 1.13 bits per heavy atom. The molecule has 0 saturated carbocycles. The van der Waals surface area contributed by atoms with E-state index < -0.39 is 0 Å². The van der Waals surface area contributed by atoms with Crippen molar-refractivity contribution in [2.24, 2.45) is 0 Å². The molecule has 0 bridgehead atoms. The summed E-state index contributed by atoms with van der Waals surface area (Å²) in [4.78, 5) is 24.4. The topological polar surface area (TPSA) is 76.9 Å². The molecule has 0 fully saturated rings. The maximum atomic E-state index is 12.3. The second-order valence-electron chi connectivity index (χ2n) is 5.27. The third kappa shape index (κ3) is 3.26. The lowest BCUT2D eigenvalue weighted by Gasteiger charge is -2.14. The van der Waals surface area contributed by atoms with Crippen molar-refractivity contribution >= 4 is 16.8 Å². The summed E-state index contributed by atoms with van der Waals surface area (Å²) in [5.41, 5.74) is 1.20. The number of carbonyl (C=O) groups excluding carboxylic acids is 1. The molecule has 1 heterocycles. The van der Waals surface area contributed by atoms with E-state index in [2.05, 4.69) is 15.6 Å². The van der Waals surface area contributed by atoms with Gasteiger partial charge in [0.15, 0.2) is 0 Å². The van der Waals surface area contributed by atoms with Gasteiger partial charge in [0, 0.05) is 0 Å². The smallest absolute Gasteiger partial charge is 0.278 e. The van der Waals surface area contributed by atoms with Gasteiger partial charge in [-0.2, -0.15) is 0 Å². The van der Waals surface area contributed by atoms with E-state index in [-0.39, 0.29) is 24.1 Å². The summed E-state index contributed by atoms with van der Waals surface area (Å²) in [5, 5.41) is 11.1. The first-order valence-electron chi connectivity index (χ1n) is 7.32. The number of amides is 1. The second kappa shape index (κ2) is 6.39. The maximum Gasteiger partial charge on any atom is 0.278 e. The quantitative estimate of drug-likeness (QED) is 0.795. The number of hydrogen-bond donors (Lipinski definition) is 1. The minimum atomic E-state index is -0.321. The summed E-state index contributed by atoms with van der Waals surface area (Å²) in [7, 11) is 0. The average Bonchev–Trinajstić information content (AvgIpc) is 2.58. The average molecular weight is 308 g/mol. The molecule has 1 amide bonds. The van der Waals surface area contributed by atoms with Gasteiger partial charge in [-0.1, -0.05) is 47.7 Å². The zero-order valence-corrected chi connectivity index (χ0v) is 12.6. The highest BCUT2D eigenvalue weighted by Crippen LogP contribution is 2.10. The number of fused-ring (bicyclic) bond motifs is 1. The van der Waals surface area contributed by atoms with Crippen LogP contribution in [0.2, 0.25) is 0 Å². The van der Waals surface area contributed by atoms with Crippen molar-refractivity contribution in [1.82, 2.24) is 20.3 Å². The highest BCUT2D eigenvalue weighted by atomic mass is 16.2. The molecule has 6 nitrogen and oxygen atoms in total. The van der Waals surface area contributed by atoms with E-state index in [1.54, 1.807) is 24.3 Å². The Kier molecular flexibility index (Phi) is 4.14. The van der Waals surface area contributed by atoms with E-state index in [9.17, 15) is 9.59 Å². The van der Waals surface area contributed by atoms with Gasteiger partial charge in [-0.05, 0) is 24.6 Å². The molecule has 0 saturated heterocycles. The van der Waals surface area contributed by atoms with Crippen LogP contribution in [0.1, 0.15) is 18.5 Å². The molecule has 0 spiro atoms. The van der Waals surface area contributed by atoms with Crippen LogP contribution in [0, 0.1) is 0 Å². The molecule has 23 heavy (non-hydrogen) atoms. The standard InChI is InChI=1S/C17H16N4O2/c1-12(13-7-3-2-4-8-13)18-16(22)11-21-17(23)14-9-5-6-10-15(14)19-20-21/h2-10,12H,11H2,1H3,(H,18,22)/t12-/m0/s1. The van der Waals surface area contributed by atoms with Gasteiger partial charge in [0.05, 0.1) is 11.4 Å². The molecule has 1 atom stereocenters. The first-order chi connectivity index (χ1) is 11.1. The SMILES string of the molecule is C[C@H](NC(=O)Cn1nnc2ccccc2c1=O)c1ccccc1. The van der Waals surface area contributed by atoms with E-state index in [1.807, 2.05) is 37.3 Å². The van der Waals surface area contributed by atoms with Gasteiger partial charge in [0.2, 0.25) is 5.91 Å². The van der Waals surface area contributed by atoms with Crippen LogP contribution in [0.25, 0.3) is 10.9 Å². The lowest BCUT2D eigenvalue weighted by Crippen LogP contribution is -2.35. The molecule has 116 valence electrons. The molecule has 2 aromatic carbocycles. The predicted octanol–water partition coefficient (Wildman–Crippen LogP) is 1.67. The Morgan fingerprint density at radius 3 is 2.61 bits per heavy atom. The summed E-state index contributed by atoms with van der Waals surface area (Å²) in [6.45, 7) is 1.73. The van der Waals surface area contributed by atoms with Gasteiger partial charge in [-0.15, -0.1) is 5.10 Å². The van der Waals surface area contributed by atoms with Crippen LogP contribution in [-0.4, -0.2) is 20.9 Å². The lowest BCUT2D eigenvalue weighted by atomic mass is 10.1. The highest BCUT2D eigenvalue weighted by molar-refractivity contribution is 5.78. The highest BCUT2D eigenvalue weighted by Gasteiger charge is 2.12. The molecular weight excluding hydrogens is 292 g/mol. The first kappa shape index (κ1) is 14.9. The van der Waals surface area contributed by atoms with Crippen molar-refractivity contribution in [3.63, 3.8) is 0 Å². The molecule has 1 aromatic heterocycles. The van der Waals surface area contributed by atoms with Crippen LogP contribution in [0.4, 0.5) is 0 Å². The van der Waals surface area contributed by atoms with E-state index in [0.29, 0.717) is 10.9 Å². The fourth-order valence-electron chi connectivity index (χ4n) is 2.38. The zero-order valence-electron chi connectivity index (χ0n) is 12.6. The molecule has 6 heteroatoms. The van der Waals surface area contributed by atoms with Crippen molar-refractivity contribution in [3.8, 4) is 0 Å². The van der Waals surface area contributed by atoms with Gasteiger partial charge in [0.25, 0.3) is 5.56 Å². The van der Waals surface area contributed by atoms with Crippen molar-refractivity contribution in [3.05, 3.63) is 70.5 Å². The normalized spacial score (nSPS) is 12.0. The largest absolute Gasteiger partial charge is 0.348 e. The maximum absolute atomic E-state index is 12.3. The fourth-order valence-corrected chi connectivity index (χ4v) is 2.38. The van der Waals surface area contributed by atoms with Crippen molar-refractivity contribution < 1.29 is 4.79 Å².